The topological polar surface area (TPSA) is 115 Å². The van der Waals surface area contributed by atoms with Gasteiger partial charge in [0, 0.05) is 6.42 Å². The molecule has 0 aliphatic rings. The number of nitrogens with one attached hydrogen (secondary N) is 2. The smallest absolute Gasteiger partial charge is 0.408 e. The molecule has 2 rings (SSSR count). The van der Waals surface area contributed by atoms with Crippen molar-refractivity contribution in [2.24, 2.45) is 0 Å². The van der Waals surface area contributed by atoms with Gasteiger partial charge >= 0.3 is 6.09 Å². The molecule has 1 atom stereocenters. The fraction of sp³-hybridized carbons (Fsp3) is 0.407. The largest absolute Gasteiger partial charge is 0.444 e. The van der Waals surface area contributed by atoms with Crippen LogP contribution >= 0.6 is 0 Å². The lowest BCUT2D eigenvalue weighted by atomic mass is 9.91. The van der Waals surface area contributed by atoms with Gasteiger partial charge in [-0.2, -0.15) is 10.5 Å². The van der Waals surface area contributed by atoms with Crippen molar-refractivity contribution in [1.82, 2.24) is 10.6 Å². The minimum atomic E-state index is -1.17. The molecule has 0 saturated heterocycles. The summed E-state index contributed by atoms with van der Waals surface area (Å²) in [5, 5.41) is 24.1. The number of ether oxygens (including phenoxy) is 1. The van der Waals surface area contributed by atoms with Crippen LogP contribution in [-0.4, -0.2) is 29.2 Å². The molecule has 2 aromatic rings. The third-order valence-corrected chi connectivity index (χ3v) is 5.58. The quantitative estimate of drug-likeness (QED) is 0.584. The van der Waals surface area contributed by atoms with Crippen LogP contribution in [0.2, 0.25) is 0 Å². The maximum absolute atomic E-state index is 13.1. The number of benzene rings is 2. The maximum atomic E-state index is 13.1. The molecule has 0 heterocycles. The summed E-state index contributed by atoms with van der Waals surface area (Å²) in [5.74, 6) is -0.413. The Morgan fingerprint density at radius 1 is 0.941 bits per heavy atom. The summed E-state index contributed by atoms with van der Waals surface area (Å²) in [6.45, 7) is 8.88. The van der Waals surface area contributed by atoms with Gasteiger partial charge in [0.2, 0.25) is 5.91 Å². The molecule has 0 bridgehead atoms. The van der Waals surface area contributed by atoms with Crippen molar-refractivity contribution in [3.63, 3.8) is 0 Å². The van der Waals surface area contributed by atoms with Crippen molar-refractivity contribution in [3.05, 3.63) is 59.7 Å². The second-order valence-corrected chi connectivity index (χ2v) is 9.16. The van der Waals surface area contributed by atoms with Crippen LogP contribution in [0, 0.1) is 22.7 Å². The second-order valence-electron chi connectivity index (χ2n) is 9.16. The van der Waals surface area contributed by atoms with E-state index >= 15 is 0 Å². The Labute approximate surface area is 201 Å². The summed E-state index contributed by atoms with van der Waals surface area (Å²) in [5.41, 5.74) is 1.61. The molecule has 2 aromatic carbocycles. The molecule has 2 amide bonds. The fourth-order valence-electron chi connectivity index (χ4n) is 3.54. The lowest BCUT2D eigenvalue weighted by Crippen LogP contribution is -2.60. The average molecular weight is 461 g/mol. The predicted octanol–water partition coefficient (Wildman–Crippen LogP) is 4.86. The van der Waals surface area contributed by atoms with E-state index in [9.17, 15) is 14.9 Å². The number of rotatable bonds is 8. The highest BCUT2D eigenvalue weighted by molar-refractivity contribution is 5.90. The van der Waals surface area contributed by atoms with Crippen LogP contribution in [0.15, 0.2) is 48.5 Å². The second kappa shape index (κ2) is 11.3. The van der Waals surface area contributed by atoms with E-state index in [1.165, 1.54) is 0 Å². The molecule has 0 aromatic heterocycles. The lowest BCUT2D eigenvalue weighted by molar-refractivity contribution is -0.128. The van der Waals surface area contributed by atoms with Crippen LogP contribution in [0.1, 0.15) is 58.6 Å². The number of alkyl carbamates (subject to hydrolysis) is 1. The van der Waals surface area contributed by atoms with Gasteiger partial charge in [-0.25, -0.2) is 4.79 Å². The normalized spacial score (nSPS) is 12.1. The first kappa shape index (κ1) is 26.4. The van der Waals surface area contributed by atoms with Crippen LogP contribution in [0.4, 0.5) is 4.79 Å². The van der Waals surface area contributed by atoms with E-state index < -0.39 is 29.2 Å². The third kappa shape index (κ3) is 7.08. The van der Waals surface area contributed by atoms with Gasteiger partial charge in [-0.05, 0) is 62.4 Å². The SMILES string of the molecule is CCC(CC)(NC(=O)OC(C)(C)C)C(=O)N[C@H](C#N)Cc1ccc(-c2ccc(C#N)cc2)cc1. The lowest BCUT2D eigenvalue weighted by Gasteiger charge is -2.33. The monoisotopic (exact) mass is 460 g/mol. The minimum absolute atomic E-state index is 0.325. The van der Waals surface area contributed by atoms with Crippen LogP contribution < -0.4 is 10.6 Å². The molecule has 0 aliphatic heterocycles. The Kier molecular flexibility index (Phi) is 8.81. The molecular formula is C27H32N4O3. The van der Waals surface area contributed by atoms with Gasteiger partial charge in [0.25, 0.3) is 0 Å². The first-order chi connectivity index (χ1) is 16.1. The van der Waals surface area contributed by atoms with Crippen LogP contribution in [0.25, 0.3) is 11.1 Å². The van der Waals surface area contributed by atoms with E-state index in [0.717, 1.165) is 16.7 Å². The van der Waals surface area contributed by atoms with Crippen molar-refractivity contribution in [2.75, 3.05) is 0 Å². The van der Waals surface area contributed by atoms with Gasteiger partial charge in [0.1, 0.15) is 17.2 Å². The van der Waals surface area contributed by atoms with E-state index in [1.807, 2.05) is 50.2 Å². The van der Waals surface area contributed by atoms with Gasteiger partial charge in [-0.3, -0.25) is 4.79 Å². The Hall–Kier alpha value is -3.84. The summed E-state index contributed by atoms with van der Waals surface area (Å²) >= 11 is 0. The van der Waals surface area contributed by atoms with Gasteiger partial charge < -0.3 is 15.4 Å². The van der Waals surface area contributed by atoms with Gasteiger partial charge in [-0.15, -0.1) is 0 Å². The fourth-order valence-corrected chi connectivity index (χ4v) is 3.54. The van der Waals surface area contributed by atoms with E-state index in [0.29, 0.717) is 24.8 Å². The average Bonchev–Trinajstić information content (AvgIpc) is 2.81. The molecule has 0 radical (unpaired) electrons. The summed E-state index contributed by atoms with van der Waals surface area (Å²) in [6, 6.07) is 18.5. The van der Waals surface area contributed by atoms with E-state index in [-0.39, 0.29) is 0 Å². The van der Waals surface area contributed by atoms with Gasteiger partial charge in [0.15, 0.2) is 0 Å². The van der Waals surface area contributed by atoms with Crippen LogP contribution in [-0.2, 0) is 16.0 Å². The maximum Gasteiger partial charge on any atom is 0.408 e. The molecule has 7 heteroatoms. The number of nitriles is 2. The number of hydrogen-bond donors (Lipinski definition) is 2. The molecule has 0 fully saturated rings. The zero-order chi connectivity index (χ0) is 25.4. The van der Waals surface area contributed by atoms with Crippen molar-refractivity contribution >= 4 is 12.0 Å². The molecule has 0 aliphatic carbocycles. The zero-order valence-electron chi connectivity index (χ0n) is 20.4. The number of carbonyl (C=O) groups excluding carboxylic acids is 2. The molecule has 7 nitrogen and oxygen atoms in total. The summed E-state index contributed by atoms with van der Waals surface area (Å²) in [6.07, 6.45) is 0.363. The number of nitrogens with zero attached hydrogens (tertiary/aromatic N) is 2. The summed E-state index contributed by atoms with van der Waals surface area (Å²) in [4.78, 5) is 25.5. The standard InChI is InChI=1S/C27H32N4O3/c1-6-27(7-2,31-25(33)34-26(3,4)5)24(32)30-23(18-29)16-19-8-12-21(13-9-19)22-14-10-20(17-28)11-15-22/h8-15,23H,6-7,16H2,1-5H3,(H,30,32)(H,31,33)/t23-/m0/s1. The molecular weight excluding hydrogens is 428 g/mol. The van der Waals surface area contributed by atoms with Crippen LogP contribution in [0.3, 0.4) is 0 Å². The highest BCUT2D eigenvalue weighted by Crippen LogP contribution is 2.22. The van der Waals surface area contributed by atoms with Crippen molar-refractivity contribution < 1.29 is 14.3 Å². The van der Waals surface area contributed by atoms with Crippen molar-refractivity contribution in [3.8, 4) is 23.3 Å². The molecule has 0 unspecified atom stereocenters. The Morgan fingerprint density at radius 2 is 1.47 bits per heavy atom. The first-order valence-corrected chi connectivity index (χ1v) is 11.4. The molecule has 178 valence electrons. The Balaban J connectivity index is 2.09. The molecule has 0 saturated carbocycles. The first-order valence-electron chi connectivity index (χ1n) is 11.4. The number of hydrogen-bond acceptors (Lipinski definition) is 5. The third-order valence-electron chi connectivity index (χ3n) is 5.58. The summed E-state index contributed by atoms with van der Waals surface area (Å²) in [7, 11) is 0. The van der Waals surface area contributed by atoms with E-state index in [4.69, 9.17) is 10.00 Å². The number of amides is 2. The highest BCUT2D eigenvalue weighted by atomic mass is 16.6. The van der Waals surface area contributed by atoms with Gasteiger partial charge in [0.05, 0.1) is 17.7 Å². The van der Waals surface area contributed by atoms with E-state index in [1.54, 1.807) is 32.9 Å². The minimum Gasteiger partial charge on any atom is -0.444 e. The Bertz CT molecular complexity index is 1070. The number of carbonyl (C=O) groups is 2. The van der Waals surface area contributed by atoms with Crippen molar-refractivity contribution in [1.29, 1.82) is 10.5 Å². The highest BCUT2D eigenvalue weighted by Gasteiger charge is 2.38. The molecule has 2 N–H and O–H groups in total. The zero-order valence-corrected chi connectivity index (χ0v) is 20.4. The Morgan fingerprint density at radius 3 is 1.91 bits per heavy atom. The molecule has 34 heavy (non-hydrogen) atoms. The van der Waals surface area contributed by atoms with E-state index in [2.05, 4.69) is 22.8 Å². The summed E-state index contributed by atoms with van der Waals surface area (Å²) < 4.78 is 5.32. The van der Waals surface area contributed by atoms with Crippen LogP contribution in [0.5, 0.6) is 0 Å². The molecule has 0 spiro atoms. The van der Waals surface area contributed by atoms with Gasteiger partial charge in [-0.1, -0.05) is 50.2 Å². The van der Waals surface area contributed by atoms with Crippen molar-refractivity contribution in [2.45, 2.75) is 71.1 Å². The predicted molar refractivity (Wildman–Crippen MR) is 131 cm³/mol.